The van der Waals surface area contributed by atoms with Crippen molar-refractivity contribution in [1.82, 2.24) is 15.2 Å². The van der Waals surface area contributed by atoms with Gasteiger partial charge in [0.15, 0.2) is 0 Å². The van der Waals surface area contributed by atoms with Crippen LogP contribution in [0.2, 0.25) is 5.02 Å². The molecule has 1 saturated heterocycles. The maximum atomic E-state index is 12.6. The largest absolute Gasteiger partial charge is 0.351 e. The summed E-state index contributed by atoms with van der Waals surface area (Å²) in [5, 5.41) is 6.34. The molecule has 5 nitrogen and oxygen atoms in total. The van der Waals surface area contributed by atoms with Crippen LogP contribution < -0.4 is 5.32 Å². The summed E-state index contributed by atoms with van der Waals surface area (Å²) in [5.74, 6) is 0.307. The van der Waals surface area contributed by atoms with Crippen molar-refractivity contribution in [1.29, 1.82) is 0 Å². The molecule has 2 amide bonds. The van der Waals surface area contributed by atoms with Gasteiger partial charge >= 0.3 is 0 Å². The van der Waals surface area contributed by atoms with Gasteiger partial charge in [-0.25, -0.2) is 4.98 Å². The van der Waals surface area contributed by atoms with Gasteiger partial charge in [-0.15, -0.1) is 11.3 Å². The summed E-state index contributed by atoms with van der Waals surface area (Å²) in [6, 6.07) is 7.17. The Morgan fingerprint density at radius 2 is 2.04 bits per heavy atom. The van der Waals surface area contributed by atoms with E-state index in [1.54, 1.807) is 23.5 Å². The van der Waals surface area contributed by atoms with Gasteiger partial charge in [-0.2, -0.15) is 0 Å². The number of benzene rings is 1. The highest BCUT2D eigenvalue weighted by molar-refractivity contribution is 7.09. The lowest BCUT2D eigenvalue weighted by molar-refractivity contribution is -0.119. The highest BCUT2D eigenvalue weighted by atomic mass is 35.5. The molecule has 0 atom stereocenters. The first-order valence-corrected chi connectivity index (χ1v) is 9.53. The summed E-state index contributed by atoms with van der Waals surface area (Å²) in [6.07, 6.45) is 1.78. The molecule has 2 heterocycles. The first-order valence-electron chi connectivity index (χ1n) is 8.27. The third-order valence-corrected chi connectivity index (χ3v) is 5.71. The van der Waals surface area contributed by atoms with E-state index >= 15 is 0 Å². The SMILES string of the molecule is CC(=O)NCc1csc(C2CCN(C(=O)c3ccccc3Cl)CC2)n1. The quantitative estimate of drug-likeness (QED) is 0.887. The Kier molecular flexibility index (Phi) is 5.71. The molecule has 7 heteroatoms. The number of likely N-dealkylation sites (tertiary alicyclic amines) is 1. The van der Waals surface area contributed by atoms with Crippen LogP contribution in [0.25, 0.3) is 0 Å². The monoisotopic (exact) mass is 377 g/mol. The fourth-order valence-corrected chi connectivity index (χ4v) is 4.15. The lowest BCUT2D eigenvalue weighted by Crippen LogP contribution is -2.38. The third-order valence-electron chi connectivity index (χ3n) is 4.32. The molecule has 132 valence electrons. The van der Waals surface area contributed by atoms with E-state index in [4.69, 9.17) is 11.6 Å². The number of carbonyl (C=O) groups is 2. The van der Waals surface area contributed by atoms with Crippen LogP contribution >= 0.6 is 22.9 Å². The molecule has 1 fully saturated rings. The number of piperidine rings is 1. The molecule has 2 aromatic rings. The molecule has 3 rings (SSSR count). The fourth-order valence-electron chi connectivity index (χ4n) is 2.94. The van der Waals surface area contributed by atoms with Gasteiger partial charge in [0.05, 0.1) is 27.8 Å². The van der Waals surface area contributed by atoms with Crippen molar-refractivity contribution >= 4 is 34.8 Å². The van der Waals surface area contributed by atoms with Crippen LogP contribution in [0.15, 0.2) is 29.6 Å². The first-order chi connectivity index (χ1) is 12.0. The number of nitrogens with one attached hydrogen (secondary N) is 1. The Balaban J connectivity index is 1.58. The molecule has 25 heavy (non-hydrogen) atoms. The van der Waals surface area contributed by atoms with Crippen molar-refractivity contribution in [2.45, 2.75) is 32.2 Å². The number of nitrogens with zero attached hydrogens (tertiary/aromatic N) is 2. The molecule has 1 aromatic heterocycles. The number of thiazole rings is 1. The molecule has 0 saturated carbocycles. The van der Waals surface area contributed by atoms with E-state index in [-0.39, 0.29) is 11.8 Å². The van der Waals surface area contributed by atoms with E-state index in [1.807, 2.05) is 22.4 Å². The maximum Gasteiger partial charge on any atom is 0.255 e. The Hall–Kier alpha value is -1.92. The zero-order valence-electron chi connectivity index (χ0n) is 14.0. The molecular formula is C18H20ClN3O2S. The van der Waals surface area contributed by atoms with Gasteiger partial charge in [0, 0.05) is 31.3 Å². The molecule has 1 aliphatic heterocycles. The van der Waals surface area contributed by atoms with Gasteiger partial charge in [0.1, 0.15) is 0 Å². The first kappa shape index (κ1) is 17.9. The van der Waals surface area contributed by atoms with Gasteiger partial charge < -0.3 is 10.2 Å². The zero-order valence-corrected chi connectivity index (χ0v) is 15.6. The maximum absolute atomic E-state index is 12.6. The average Bonchev–Trinajstić information content (AvgIpc) is 3.09. The minimum atomic E-state index is -0.0547. The topological polar surface area (TPSA) is 62.3 Å². The summed E-state index contributed by atoms with van der Waals surface area (Å²) >= 11 is 7.76. The number of rotatable bonds is 4. The summed E-state index contributed by atoms with van der Waals surface area (Å²) in [7, 11) is 0. The standard InChI is InChI=1S/C18H20ClN3O2S/c1-12(23)20-10-14-11-25-17(21-14)13-6-8-22(9-7-13)18(24)15-4-2-3-5-16(15)19/h2-5,11,13H,6-10H2,1H3,(H,20,23). The van der Waals surface area contributed by atoms with Crippen molar-refractivity contribution in [3.05, 3.63) is 50.9 Å². The van der Waals surface area contributed by atoms with Crippen molar-refractivity contribution < 1.29 is 9.59 Å². The van der Waals surface area contributed by atoms with Gasteiger partial charge in [0.25, 0.3) is 5.91 Å². The van der Waals surface area contributed by atoms with Gasteiger partial charge in [-0.3, -0.25) is 9.59 Å². The third kappa shape index (κ3) is 4.38. The molecule has 1 aliphatic rings. The second-order valence-electron chi connectivity index (χ2n) is 6.13. The minimum Gasteiger partial charge on any atom is -0.351 e. The van der Waals surface area contributed by atoms with Gasteiger partial charge in [0.2, 0.25) is 5.91 Å². The van der Waals surface area contributed by atoms with Crippen LogP contribution in [0.4, 0.5) is 0 Å². The summed E-state index contributed by atoms with van der Waals surface area (Å²) in [5.41, 5.74) is 1.46. The molecule has 0 unspecified atom stereocenters. The average molecular weight is 378 g/mol. The lowest BCUT2D eigenvalue weighted by atomic mass is 9.97. The van der Waals surface area contributed by atoms with E-state index in [2.05, 4.69) is 10.3 Å². The van der Waals surface area contributed by atoms with Crippen LogP contribution in [0, 0.1) is 0 Å². The Morgan fingerprint density at radius 3 is 2.72 bits per heavy atom. The minimum absolute atomic E-state index is 0.00506. The van der Waals surface area contributed by atoms with E-state index < -0.39 is 0 Å². The summed E-state index contributed by atoms with van der Waals surface area (Å²) < 4.78 is 0. The Bertz CT molecular complexity index is 769. The van der Waals surface area contributed by atoms with E-state index in [1.165, 1.54) is 6.92 Å². The number of carbonyl (C=O) groups excluding carboxylic acids is 2. The number of aromatic nitrogens is 1. The van der Waals surface area contributed by atoms with E-state index in [0.717, 1.165) is 23.5 Å². The van der Waals surface area contributed by atoms with E-state index in [9.17, 15) is 9.59 Å². The van der Waals surface area contributed by atoms with Crippen LogP contribution in [0.1, 0.15) is 46.7 Å². The Morgan fingerprint density at radius 1 is 1.32 bits per heavy atom. The summed E-state index contributed by atoms with van der Waals surface area (Å²) in [4.78, 5) is 30.1. The second-order valence-corrected chi connectivity index (χ2v) is 7.43. The lowest BCUT2D eigenvalue weighted by Gasteiger charge is -2.31. The van der Waals surface area contributed by atoms with Crippen molar-refractivity contribution in [2.24, 2.45) is 0 Å². The number of hydrogen-bond acceptors (Lipinski definition) is 4. The van der Waals surface area contributed by atoms with Crippen molar-refractivity contribution in [3.8, 4) is 0 Å². The highest BCUT2D eigenvalue weighted by Crippen LogP contribution is 2.31. The summed E-state index contributed by atoms with van der Waals surface area (Å²) in [6.45, 7) is 3.37. The van der Waals surface area contributed by atoms with Gasteiger partial charge in [-0.05, 0) is 25.0 Å². The van der Waals surface area contributed by atoms with Crippen molar-refractivity contribution in [2.75, 3.05) is 13.1 Å². The molecule has 0 aliphatic carbocycles. The predicted molar refractivity (Wildman–Crippen MR) is 99.0 cm³/mol. The Labute approximate surface area is 156 Å². The molecule has 1 aromatic carbocycles. The molecule has 0 spiro atoms. The molecular weight excluding hydrogens is 358 g/mol. The van der Waals surface area contributed by atoms with Crippen LogP contribution in [0.5, 0.6) is 0 Å². The van der Waals surface area contributed by atoms with Gasteiger partial charge in [-0.1, -0.05) is 23.7 Å². The predicted octanol–water partition coefficient (Wildman–Crippen LogP) is 3.45. The number of amides is 2. The van der Waals surface area contributed by atoms with Crippen LogP contribution in [0.3, 0.4) is 0 Å². The molecule has 0 radical (unpaired) electrons. The highest BCUT2D eigenvalue weighted by Gasteiger charge is 2.27. The fraction of sp³-hybridized carbons (Fsp3) is 0.389. The van der Waals surface area contributed by atoms with Crippen molar-refractivity contribution in [3.63, 3.8) is 0 Å². The zero-order chi connectivity index (χ0) is 17.8. The van der Waals surface area contributed by atoms with Crippen LogP contribution in [-0.2, 0) is 11.3 Å². The normalized spacial score (nSPS) is 15.2. The number of halogens is 1. The smallest absolute Gasteiger partial charge is 0.255 e. The molecule has 0 bridgehead atoms. The number of hydrogen-bond donors (Lipinski definition) is 1. The van der Waals surface area contributed by atoms with Crippen LogP contribution in [-0.4, -0.2) is 34.8 Å². The molecule has 1 N–H and O–H groups in total. The van der Waals surface area contributed by atoms with E-state index in [0.29, 0.717) is 36.1 Å². The second kappa shape index (κ2) is 7.97.